The van der Waals surface area contributed by atoms with Crippen LogP contribution in [-0.4, -0.2) is 42.1 Å². The van der Waals surface area contributed by atoms with Crippen LogP contribution >= 0.6 is 0 Å². The van der Waals surface area contributed by atoms with Crippen molar-refractivity contribution in [2.45, 2.75) is 6.92 Å². The van der Waals surface area contributed by atoms with E-state index in [0.717, 1.165) is 11.3 Å². The Labute approximate surface area is 127 Å². The van der Waals surface area contributed by atoms with Gasteiger partial charge in [-0.25, -0.2) is 0 Å². The summed E-state index contributed by atoms with van der Waals surface area (Å²) in [7, 11) is 3.14. The van der Waals surface area contributed by atoms with E-state index in [0.29, 0.717) is 17.4 Å². The van der Waals surface area contributed by atoms with Crippen LogP contribution in [-0.2, 0) is 4.79 Å². The van der Waals surface area contributed by atoms with Gasteiger partial charge in [-0.3, -0.25) is 9.89 Å². The number of carbonyl (C=O) groups is 1. The number of benzene rings is 1. The normalized spacial score (nSPS) is 11.8. The van der Waals surface area contributed by atoms with Crippen LogP contribution in [0.2, 0.25) is 0 Å². The first kappa shape index (κ1) is 15.7. The lowest BCUT2D eigenvalue weighted by molar-refractivity contribution is -0.142. The number of aromatic amines is 1. The second-order valence-corrected chi connectivity index (χ2v) is 4.74. The van der Waals surface area contributed by atoms with Crippen molar-refractivity contribution in [2.75, 3.05) is 20.8 Å². The molecule has 7 heteroatoms. The summed E-state index contributed by atoms with van der Waals surface area (Å²) in [5.41, 5.74) is 1.59. The molecule has 1 atom stereocenters. The zero-order chi connectivity index (χ0) is 16.1. The van der Waals surface area contributed by atoms with Gasteiger partial charge < -0.3 is 19.3 Å². The summed E-state index contributed by atoms with van der Waals surface area (Å²) in [5.74, 6) is 0.0869. The Balaban J connectivity index is 2.12. The molecule has 1 unspecified atom stereocenters. The van der Waals surface area contributed by atoms with E-state index in [-0.39, 0.29) is 6.61 Å². The first-order valence-electron chi connectivity index (χ1n) is 6.68. The summed E-state index contributed by atoms with van der Waals surface area (Å²) in [4.78, 5) is 10.7. The lowest BCUT2D eigenvalue weighted by atomic mass is 10.1. The molecule has 0 bridgehead atoms. The van der Waals surface area contributed by atoms with Crippen molar-refractivity contribution >= 4 is 5.97 Å². The Morgan fingerprint density at radius 3 is 2.64 bits per heavy atom. The molecule has 0 saturated carbocycles. The fraction of sp³-hybridized carbons (Fsp3) is 0.333. The van der Waals surface area contributed by atoms with Crippen molar-refractivity contribution in [1.29, 1.82) is 0 Å². The molecule has 1 aromatic heterocycles. The molecule has 2 N–H and O–H groups in total. The number of nitrogens with zero attached hydrogens (tertiary/aromatic N) is 1. The average Bonchev–Trinajstić information content (AvgIpc) is 3.00. The summed E-state index contributed by atoms with van der Waals surface area (Å²) < 4.78 is 15.8. The number of H-pyrrole nitrogens is 1. The predicted octanol–water partition coefficient (Wildman–Crippen LogP) is 2.19. The quantitative estimate of drug-likeness (QED) is 0.814. The first-order chi connectivity index (χ1) is 10.5. The van der Waals surface area contributed by atoms with Crippen molar-refractivity contribution < 1.29 is 24.1 Å². The van der Waals surface area contributed by atoms with Crippen molar-refractivity contribution in [3.05, 3.63) is 24.3 Å². The van der Waals surface area contributed by atoms with Crippen molar-refractivity contribution in [2.24, 2.45) is 5.92 Å². The van der Waals surface area contributed by atoms with Crippen molar-refractivity contribution in [3.63, 3.8) is 0 Å². The van der Waals surface area contributed by atoms with Crippen LogP contribution in [0.4, 0.5) is 0 Å². The lowest BCUT2D eigenvalue weighted by Crippen LogP contribution is -2.17. The molecule has 0 fully saturated rings. The minimum atomic E-state index is -0.907. The maximum absolute atomic E-state index is 10.7. The molecular formula is C15H18N2O5. The highest BCUT2D eigenvalue weighted by molar-refractivity contribution is 5.69. The van der Waals surface area contributed by atoms with Gasteiger partial charge in [0.25, 0.3) is 0 Å². The Bertz CT molecular complexity index is 653. The number of hydrogen-bond acceptors (Lipinski definition) is 5. The molecule has 22 heavy (non-hydrogen) atoms. The zero-order valence-electron chi connectivity index (χ0n) is 12.6. The molecule has 118 valence electrons. The third-order valence-corrected chi connectivity index (χ3v) is 3.15. The van der Waals surface area contributed by atoms with E-state index >= 15 is 0 Å². The van der Waals surface area contributed by atoms with Crippen LogP contribution in [0.25, 0.3) is 11.3 Å². The van der Waals surface area contributed by atoms with Gasteiger partial charge in [0.2, 0.25) is 5.88 Å². The van der Waals surface area contributed by atoms with Gasteiger partial charge in [0.15, 0.2) is 11.5 Å². The second kappa shape index (κ2) is 6.84. The summed E-state index contributed by atoms with van der Waals surface area (Å²) in [5, 5.41) is 15.7. The van der Waals surface area contributed by atoms with Gasteiger partial charge in [0.1, 0.15) is 6.61 Å². The molecule has 0 spiro atoms. The number of carboxylic acid groups (broad SMARTS) is 1. The van der Waals surface area contributed by atoms with E-state index in [9.17, 15) is 4.79 Å². The van der Waals surface area contributed by atoms with Gasteiger partial charge in [-0.2, -0.15) is 0 Å². The van der Waals surface area contributed by atoms with E-state index in [1.54, 1.807) is 33.3 Å². The molecule has 2 aromatic rings. The SMILES string of the molecule is COc1ccc(-c2cc(OCC(C)C(=O)O)n[nH]2)cc1OC. The van der Waals surface area contributed by atoms with Crippen LogP contribution in [0, 0.1) is 5.92 Å². The van der Waals surface area contributed by atoms with Crippen molar-refractivity contribution in [3.8, 4) is 28.6 Å². The molecule has 1 aromatic carbocycles. The van der Waals surface area contributed by atoms with Crippen LogP contribution in [0.5, 0.6) is 17.4 Å². The third-order valence-electron chi connectivity index (χ3n) is 3.15. The third kappa shape index (κ3) is 3.49. The van der Waals surface area contributed by atoms with E-state index in [2.05, 4.69) is 10.2 Å². The summed E-state index contributed by atoms with van der Waals surface area (Å²) in [6, 6.07) is 7.17. The minimum Gasteiger partial charge on any atom is -0.493 e. The van der Waals surface area contributed by atoms with Crippen LogP contribution in [0.15, 0.2) is 24.3 Å². The predicted molar refractivity (Wildman–Crippen MR) is 79.4 cm³/mol. The lowest BCUT2D eigenvalue weighted by Gasteiger charge is -2.08. The molecule has 0 amide bonds. The Morgan fingerprint density at radius 1 is 1.27 bits per heavy atom. The first-order valence-corrected chi connectivity index (χ1v) is 6.68. The highest BCUT2D eigenvalue weighted by Crippen LogP contribution is 2.32. The number of hydrogen-bond donors (Lipinski definition) is 2. The average molecular weight is 306 g/mol. The Morgan fingerprint density at radius 2 is 2.00 bits per heavy atom. The molecular weight excluding hydrogens is 288 g/mol. The highest BCUT2D eigenvalue weighted by Gasteiger charge is 2.13. The van der Waals surface area contributed by atoms with Gasteiger partial charge in [0.05, 0.1) is 25.8 Å². The summed E-state index contributed by atoms with van der Waals surface area (Å²) in [6.07, 6.45) is 0. The minimum absolute atomic E-state index is 0.0611. The summed E-state index contributed by atoms with van der Waals surface area (Å²) >= 11 is 0. The number of nitrogens with one attached hydrogen (secondary N) is 1. The number of aromatic nitrogens is 2. The maximum Gasteiger partial charge on any atom is 0.309 e. The van der Waals surface area contributed by atoms with E-state index in [1.165, 1.54) is 0 Å². The van der Waals surface area contributed by atoms with Gasteiger partial charge in [-0.1, -0.05) is 0 Å². The molecule has 2 rings (SSSR count). The molecule has 0 aliphatic carbocycles. The van der Waals surface area contributed by atoms with Crippen LogP contribution in [0.3, 0.4) is 0 Å². The fourth-order valence-corrected chi connectivity index (χ4v) is 1.81. The molecule has 1 heterocycles. The van der Waals surface area contributed by atoms with Crippen LogP contribution in [0.1, 0.15) is 6.92 Å². The standard InChI is InChI=1S/C15H18N2O5/c1-9(15(18)19)8-22-14-7-11(16-17-14)10-4-5-12(20-2)13(6-10)21-3/h4-7,9H,8H2,1-3H3,(H,16,17)(H,18,19). The van der Waals surface area contributed by atoms with E-state index < -0.39 is 11.9 Å². The number of carboxylic acids is 1. The number of aliphatic carboxylic acids is 1. The second-order valence-electron chi connectivity index (χ2n) is 4.74. The van der Waals surface area contributed by atoms with Gasteiger partial charge in [0, 0.05) is 11.6 Å². The maximum atomic E-state index is 10.7. The fourth-order valence-electron chi connectivity index (χ4n) is 1.81. The molecule has 0 aliphatic heterocycles. The molecule has 0 aliphatic rings. The van der Waals surface area contributed by atoms with Crippen LogP contribution < -0.4 is 14.2 Å². The van der Waals surface area contributed by atoms with E-state index in [4.69, 9.17) is 19.3 Å². The van der Waals surface area contributed by atoms with Gasteiger partial charge in [-0.05, 0) is 25.1 Å². The smallest absolute Gasteiger partial charge is 0.309 e. The Kier molecular flexibility index (Phi) is 4.88. The van der Waals surface area contributed by atoms with Gasteiger partial charge in [-0.15, -0.1) is 5.10 Å². The van der Waals surface area contributed by atoms with Crippen molar-refractivity contribution in [1.82, 2.24) is 10.2 Å². The topological polar surface area (TPSA) is 93.7 Å². The molecule has 0 radical (unpaired) electrons. The number of methoxy groups -OCH3 is 2. The largest absolute Gasteiger partial charge is 0.493 e. The molecule has 7 nitrogen and oxygen atoms in total. The zero-order valence-corrected chi connectivity index (χ0v) is 12.6. The Hall–Kier alpha value is -2.70. The number of rotatable bonds is 7. The number of ether oxygens (including phenoxy) is 3. The van der Waals surface area contributed by atoms with Gasteiger partial charge >= 0.3 is 5.97 Å². The highest BCUT2D eigenvalue weighted by atomic mass is 16.5. The molecule has 0 saturated heterocycles. The van der Waals surface area contributed by atoms with E-state index in [1.807, 2.05) is 12.1 Å². The summed E-state index contributed by atoms with van der Waals surface area (Å²) in [6.45, 7) is 1.63. The monoisotopic (exact) mass is 306 g/mol.